The molecule has 0 aliphatic carbocycles. The number of benzene rings is 1. The summed E-state index contributed by atoms with van der Waals surface area (Å²) in [6, 6.07) is 10.2. The number of aromatic nitrogens is 1. The summed E-state index contributed by atoms with van der Waals surface area (Å²) >= 11 is 0. The minimum absolute atomic E-state index is 0. The smallest absolute Gasteiger partial charge is 0.182 e. The van der Waals surface area contributed by atoms with Crippen LogP contribution >= 0.6 is 17.0 Å². The maximum Gasteiger partial charge on any atom is 0.182 e. The second-order valence-electron chi connectivity index (χ2n) is 9.47. The van der Waals surface area contributed by atoms with Crippen LogP contribution in [0.1, 0.15) is 73.4 Å². The number of aryl methyl sites for hydroxylation is 1. The third-order valence-electron chi connectivity index (χ3n) is 6.21. The van der Waals surface area contributed by atoms with Crippen LogP contribution in [0.5, 0.6) is 0 Å². The average molecular weight is 485 g/mol. The summed E-state index contributed by atoms with van der Waals surface area (Å²) in [6.45, 7) is 11.7. The molecule has 1 saturated heterocycles. The van der Waals surface area contributed by atoms with E-state index >= 15 is 0 Å². The van der Waals surface area contributed by atoms with Gasteiger partial charge in [-0.3, -0.25) is 10.2 Å². The van der Waals surface area contributed by atoms with Crippen LogP contribution in [-0.4, -0.2) is 41.1 Å². The van der Waals surface area contributed by atoms with Crippen LogP contribution in [0.15, 0.2) is 30.3 Å². The van der Waals surface area contributed by atoms with Crippen molar-refractivity contribution in [2.75, 3.05) is 24.5 Å². The summed E-state index contributed by atoms with van der Waals surface area (Å²) in [5.74, 6) is 0.417. The molecule has 0 bridgehead atoms. The molecular formula is C25H33BrN4O. The van der Waals surface area contributed by atoms with E-state index in [9.17, 15) is 4.79 Å². The summed E-state index contributed by atoms with van der Waals surface area (Å²) in [7, 11) is 0. The van der Waals surface area contributed by atoms with Gasteiger partial charge in [-0.25, -0.2) is 4.98 Å². The van der Waals surface area contributed by atoms with Gasteiger partial charge in [0.05, 0.1) is 6.54 Å². The average Bonchev–Trinajstić information content (AvgIpc) is 3.35. The molecule has 0 spiro atoms. The SMILES string of the molecule is Br.CCc1ccc2c(n1)C(=N)N(CC(=O)c1ccc(N3CCCC3)c(C(C)(C)C)c1)C2. The summed E-state index contributed by atoms with van der Waals surface area (Å²) < 4.78 is 0. The van der Waals surface area contributed by atoms with Gasteiger partial charge in [0.25, 0.3) is 0 Å². The van der Waals surface area contributed by atoms with E-state index in [1.54, 1.807) is 0 Å². The second kappa shape index (κ2) is 9.11. The van der Waals surface area contributed by atoms with Gasteiger partial charge < -0.3 is 9.80 Å². The Labute approximate surface area is 196 Å². The van der Waals surface area contributed by atoms with Crippen LogP contribution in [0.25, 0.3) is 0 Å². The number of nitrogens with zero attached hydrogens (tertiary/aromatic N) is 3. The molecule has 0 radical (unpaired) electrons. The second-order valence-corrected chi connectivity index (χ2v) is 9.47. The van der Waals surface area contributed by atoms with Crippen LogP contribution in [-0.2, 0) is 18.4 Å². The zero-order valence-corrected chi connectivity index (χ0v) is 20.7. The van der Waals surface area contributed by atoms with Gasteiger partial charge in [0.2, 0.25) is 0 Å². The lowest BCUT2D eigenvalue weighted by Gasteiger charge is -2.29. The zero-order valence-electron chi connectivity index (χ0n) is 19.0. The Morgan fingerprint density at radius 2 is 1.84 bits per heavy atom. The fraction of sp³-hybridized carbons (Fsp3) is 0.480. The Kier molecular flexibility index (Phi) is 6.89. The summed E-state index contributed by atoms with van der Waals surface area (Å²) in [6.07, 6.45) is 3.31. The molecule has 166 valence electrons. The quantitative estimate of drug-likeness (QED) is 0.596. The molecule has 0 amide bonds. The largest absolute Gasteiger partial charge is 0.371 e. The van der Waals surface area contributed by atoms with Crippen molar-refractivity contribution in [2.24, 2.45) is 0 Å². The standard InChI is InChI=1S/C25H32N4O.BrH/c1-5-19-10-8-18-15-29(24(26)23(18)27-19)16-22(30)17-9-11-21(28-12-6-7-13-28)20(14-17)25(2,3)4;/h8-11,14,26H,5-7,12-13,15-16H2,1-4H3;1H. The molecule has 1 aromatic carbocycles. The van der Waals surface area contributed by atoms with Crippen LogP contribution in [0, 0.1) is 5.41 Å². The summed E-state index contributed by atoms with van der Waals surface area (Å²) in [5, 5.41) is 8.51. The third kappa shape index (κ3) is 4.69. The minimum Gasteiger partial charge on any atom is -0.371 e. The number of ketones is 1. The molecule has 0 unspecified atom stereocenters. The van der Waals surface area contributed by atoms with E-state index in [0.717, 1.165) is 42.0 Å². The molecule has 1 N–H and O–H groups in total. The van der Waals surface area contributed by atoms with Gasteiger partial charge in [-0.2, -0.15) is 0 Å². The zero-order chi connectivity index (χ0) is 21.5. The number of pyridine rings is 1. The minimum atomic E-state index is -0.0364. The topological polar surface area (TPSA) is 60.3 Å². The maximum absolute atomic E-state index is 13.2. The van der Waals surface area contributed by atoms with E-state index in [1.165, 1.54) is 24.1 Å². The molecule has 2 aromatic rings. The third-order valence-corrected chi connectivity index (χ3v) is 6.21. The van der Waals surface area contributed by atoms with Crippen molar-refractivity contribution >= 4 is 34.3 Å². The number of carbonyl (C=O) groups is 1. The highest BCUT2D eigenvalue weighted by Crippen LogP contribution is 2.35. The van der Waals surface area contributed by atoms with Gasteiger partial charge in [0.15, 0.2) is 5.78 Å². The van der Waals surface area contributed by atoms with Crippen molar-refractivity contribution in [3.05, 3.63) is 58.4 Å². The molecule has 1 fully saturated rings. The Morgan fingerprint density at radius 3 is 2.48 bits per heavy atom. The molecule has 0 saturated carbocycles. The maximum atomic E-state index is 13.2. The van der Waals surface area contributed by atoms with Gasteiger partial charge in [-0.05, 0) is 54.5 Å². The van der Waals surface area contributed by atoms with Gasteiger partial charge in [-0.1, -0.05) is 33.8 Å². The lowest BCUT2D eigenvalue weighted by atomic mass is 9.84. The number of hydrogen-bond acceptors (Lipinski definition) is 4. The number of amidine groups is 1. The van der Waals surface area contributed by atoms with Crippen LogP contribution in [0.4, 0.5) is 5.69 Å². The Hall–Kier alpha value is -2.21. The molecule has 6 heteroatoms. The Bertz CT molecular complexity index is 990. The number of fused-ring (bicyclic) bond motifs is 1. The fourth-order valence-corrected chi connectivity index (χ4v) is 4.44. The number of carbonyl (C=O) groups excluding carboxylic acids is 1. The number of nitrogens with one attached hydrogen (secondary N) is 1. The molecule has 1 aromatic heterocycles. The molecule has 3 heterocycles. The first-order valence-electron chi connectivity index (χ1n) is 11.0. The lowest BCUT2D eigenvalue weighted by molar-refractivity contribution is 0.0962. The van der Waals surface area contributed by atoms with Gasteiger partial charge >= 0.3 is 0 Å². The normalized spacial score (nSPS) is 15.8. The van der Waals surface area contributed by atoms with E-state index in [-0.39, 0.29) is 34.7 Å². The summed E-state index contributed by atoms with van der Waals surface area (Å²) in [5.41, 5.74) is 5.92. The van der Waals surface area contributed by atoms with Crippen LogP contribution < -0.4 is 4.90 Å². The monoisotopic (exact) mass is 484 g/mol. The number of halogens is 1. The predicted molar refractivity (Wildman–Crippen MR) is 132 cm³/mol. The molecule has 4 rings (SSSR count). The van der Waals surface area contributed by atoms with Crippen molar-refractivity contribution in [1.82, 2.24) is 9.88 Å². The van der Waals surface area contributed by atoms with Gasteiger partial charge in [0.1, 0.15) is 11.5 Å². The van der Waals surface area contributed by atoms with Crippen molar-refractivity contribution < 1.29 is 4.79 Å². The molecule has 0 atom stereocenters. The summed E-state index contributed by atoms with van der Waals surface area (Å²) in [4.78, 5) is 22.0. The molecular weight excluding hydrogens is 452 g/mol. The van der Waals surface area contributed by atoms with E-state index in [0.29, 0.717) is 12.4 Å². The first-order valence-corrected chi connectivity index (χ1v) is 11.0. The highest BCUT2D eigenvalue weighted by atomic mass is 79.9. The first kappa shape index (κ1) is 23.5. The highest BCUT2D eigenvalue weighted by molar-refractivity contribution is 8.93. The first-order chi connectivity index (χ1) is 14.3. The van der Waals surface area contributed by atoms with Crippen LogP contribution in [0.3, 0.4) is 0 Å². The molecule has 2 aliphatic heterocycles. The fourth-order valence-electron chi connectivity index (χ4n) is 4.44. The van der Waals surface area contributed by atoms with Gasteiger partial charge in [0, 0.05) is 42.1 Å². The number of hydrogen-bond donors (Lipinski definition) is 1. The number of Topliss-reactive ketones (excluding diaryl/α,β-unsaturated/α-hetero) is 1. The highest BCUT2D eigenvalue weighted by Gasteiger charge is 2.29. The van der Waals surface area contributed by atoms with Crippen molar-refractivity contribution in [1.29, 1.82) is 5.41 Å². The molecule has 5 nitrogen and oxygen atoms in total. The van der Waals surface area contributed by atoms with Crippen molar-refractivity contribution in [3.63, 3.8) is 0 Å². The van der Waals surface area contributed by atoms with Crippen LogP contribution in [0.2, 0.25) is 0 Å². The Morgan fingerprint density at radius 1 is 1.13 bits per heavy atom. The predicted octanol–water partition coefficient (Wildman–Crippen LogP) is 5.14. The van der Waals surface area contributed by atoms with Crippen molar-refractivity contribution in [2.45, 2.75) is 58.9 Å². The van der Waals surface area contributed by atoms with Gasteiger partial charge in [-0.15, -0.1) is 17.0 Å². The lowest BCUT2D eigenvalue weighted by Crippen LogP contribution is -2.31. The molecule has 31 heavy (non-hydrogen) atoms. The Balaban J connectivity index is 0.00000272. The van der Waals surface area contributed by atoms with Crippen molar-refractivity contribution in [3.8, 4) is 0 Å². The number of anilines is 1. The van der Waals surface area contributed by atoms with E-state index in [2.05, 4.69) is 49.7 Å². The van der Waals surface area contributed by atoms with E-state index in [4.69, 9.17) is 5.41 Å². The van der Waals surface area contributed by atoms with E-state index < -0.39 is 0 Å². The molecule has 2 aliphatic rings. The van der Waals surface area contributed by atoms with E-state index in [1.807, 2.05) is 23.1 Å². The number of rotatable bonds is 5.